The van der Waals surface area contributed by atoms with E-state index in [1.165, 1.54) is 0 Å². The van der Waals surface area contributed by atoms with Crippen molar-refractivity contribution in [3.8, 4) is 0 Å². The van der Waals surface area contributed by atoms with Crippen molar-refractivity contribution in [2.45, 2.75) is 4.90 Å². The highest BCUT2D eigenvalue weighted by molar-refractivity contribution is 7.80. The lowest BCUT2D eigenvalue weighted by molar-refractivity contribution is 1.23. The first-order chi connectivity index (χ1) is 4.34. The van der Waals surface area contributed by atoms with Crippen LogP contribution in [0.3, 0.4) is 0 Å². The van der Waals surface area contributed by atoms with E-state index in [4.69, 9.17) is 0 Å². The number of nitrogens with zero attached hydrogens (tertiary/aromatic N) is 1. The summed E-state index contributed by atoms with van der Waals surface area (Å²) in [6, 6.07) is 1.88. The first-order valence-corrected chi connectivity index (χ1v) is 3.10. The lowest BCUT2D eigenvalue weighted by Gasteiger charge is -1.99. The minimum absolute atomic E-state index is 0.875. The van der Waals surface area contributed by atoms with Gasteiger partial charge in [-0.3, -0.25) is 4.98 Å². The fourth-order valence-electron chi connectivity index (χ4n) is 0.598. The molecule has 0 spiro atoms. The van der Waals surface area contributed by atoms with Crippen molar-refractivity contribution in [3.63, 3.8) is 0 Å². The molecule has 2 nitrogen and oxygen atoms in total. The van der Waals surface area contributed by atoms with Crippen LogP contribution < -0.4 is 5.32 Å². The molecule has 0 saturated heterocycles. The van der Waals surface area contributed by atoms with Gasteiger partial charge in [-0.2, -0.15) is 0 Å². The molecule has 1 aromatic heterocycles. The second-order valence-electron chi connectivity index (χ2n) is 1.64. The quantitative estimate of drug-likeness (QED) is 0.576. The van der Waals surface area contributed by atoms with Crippen LogP contribution in [0.25, 0.3) is 0 Å². The maximum absolute atomic E-state index is 4.15. The fourth-order valence-corrected chi connectivity index (χ4v) is 0.851. The van der Waals surface area contributed by atoms with Crippen LogP contribution in [-0.2, 0) is 0 Å². The van der Waals surface area contributed by atoms with Crippen molar-refractivity contribution in [1.82, 2.24) is 4.98 Å². The molecule has 0 unspecified atom stereocenters. The molecule has 0 aliphatic rings. The largest absolute Gasteiger partial charge is 0.387 e. The van der Waals surface area contributed by atoms with Gasteiger partial charge in [-0.15, -0.1) is 12.6 Å². The summed E-state index contributed by atoms with van der Waals surface area (Å²) in [6.07, 6.45) is 3.43. The van der Waals surface area contributed by atoms with Crippen molar-refractivity contribution < 1.29 is 0 Å². The van der Waals surface area contributed by atoms with E-state index in [0.717, 1.165) is 10.6 Å². The third-order valence-electron chi connectivity index (χ3n) is 1.07. The molecule has 0 bridgehead atoms. The number of hydrogen-bond acceptors (Lipinski definition) is 3. The average Bonchev–Trinajstić information content (AvgIpc) is 1.89. The first kappa shape index (κ1) is 6.42. The predicted molar refractivity (Wildman–Crippen MR) is 41.0 cm³/mol. The summed E-state index contributed by atoms with van der Waals surface area (Å²) in [7, 11) is 1.86. The number of anilines is 1. The minimum Gasteiger partial charge on any atom is -0.387 e. The number of thiol groups is 1. The Kier molecular flexibility index (Phi) is 1.95. The van der Waals surface area contributed by atoms with Crippen molar-refractivity contribution >= 4 is 18.3 Å². The molecular formula is C6H8N2S. The Bertz CT molecular complexity index is 200. The summed E-state index contributed by atoms with van der Waals surface area (Å²) in [5.41, 5.74) is 1.01. The average molecular weight is 140 g/mol. The fraction of sp³-hybridized carbons (Fsp3) is 0.167. The van der Waals surface area contributed by atoms with Gasteiger partial charge in [-0.25, -0.2) is 0 Å². The molecule has 0 aliphatic heterocycles. The smallest absolute Gasteiger partial charge is 0.0504 e. The molecule has 0 radical (unpaired) electrons. The highest BCUT2D eigenvalue weighted by Crippen LogP contribution is 2.15. The molecule has 0 aromatic carbocycles. The highest BCUT2D eigenvalue weighted by Gasteiger charge is 1.90. The van der Waals surface area contributed by atoms with E-state index in [-0.39, 0.29) is 0 Å². The molecule has 0 amide bonds. The van der Waals surface area contributed by atoms with Crippen LogP contribution in [0.1, 0.15) is 0 Å². The Morgan fingerprint density at radius 1 is 1.67 bits per heavy atom. The zero-order valence-electron chi connectivity index (χ0n) is 5.13. The standard InChI is InChI=1S/C6H8N2S/c1-7-5-2-3-8-4-6(5)9/h2-4,9H,1H3,(H,7,8). The predicted octanol–water partition coefficient (Wildman–Crippen LogP) is 1.41. The summed E-state index contributed by atoms with van der Waals surface area (Å²) in [6.45, 7) is 0. The molecule has 9 heavy (non-hydrogen) atoms. The Balaban J connectivity index is 3.01. The third kappa shape index (κ3) is 1.36. The zero-order valence-corrected chi connectivity index (χ0v) is 6.02. The van der Waals surface area contributed by atoms with Crippen molar-refractivity contribution in [1.29, 1.82) is 0 Å². The van der Waals surface area contributed by atoms with E-state index in [1.807, 2.05) is 13.1 Å². The molecule has 0 fully saturated rings. The van der Waals surface area contributed by atoms with Crippen LogP contribution in [0.15, 0.2) is 23.4 Å². The molecule has 0 saturated carbocycles. The van der Waals surface area contributed by atoms with E-state index < -0.39 is 0 Å². The SMILES string of the molecule is CNc1ccncc1S. The number of nitrogens with one attached hydrogen (secondary N) is 1. The summed E-state index contributed by atoms with van der Waals surface area (Å²) in [4.78, 5) is 4.75. The van der Waals surface area contributed by atoms with Gasteiger partial charge >= 0.3 is 0 Å². The van der Waals surface area contributed by atoms with Crippen LogP contribution in [0.4, 0.5) is 5.69 Å². The normalized spacial score (nSPS) is 9.11. The Hall–Kier alpha value is -0.700. The molecule has 0 atom stereocenters. The van der Waals surface area contributed by atoms with Gasteiger partial charge in [-0.05, 0) is 6.07 Å². The Morgan fingerprint density at radius 2 is 2.44 bits per heavy atom. The van der Waals surface area contributed by atoms with Gasteiger partial charge in [-0.1, -0.05) is 0 Å². The Morgan fingerprint density at radius 3 is 2.89 bits per heavy atom. The van der Waals surface area contributed by atoms with Gasteiger partial charge in [0.1, 0.15) is 0 Å². The number of pyridine rings is 1. The maximum Gasteiger partial charge on any atom is 0.0504 e. The topological polar surface area (TPSA) is 24.9 Å². The zero-order chi connectivity index (χ0) is 6.69. The number of aromatic nitrogens is 1. The Labute approximate surface area is 59.7 Å². The van der Waals surface area contributed by atoms with Gasteiger partial charge in [0, 0.05) is 24.3 Å². The van der Waals surface area contributed by atoms with Crippen LogP contribution in [-0.4, -0.2) is 12.0 Å². The second kappa shape index (κ2) is 2.73. The molecule has 1 rings (SSSR count). The van der Waals surface area contributed by atoms with Crippen molar-refractivity contribution in [3.05, 3.63) is 18.5 Å². The minimum atomic E-state index is 0.875. The van der Waals surface area contributed by atoms with Crippen LogP contribution in [0, 0.1) is 0 Å². The van der Waals surface area contributed by atoms with E-state index >= 15 is 0 Å². The maximum atomic E-state index is 4.15. The number of hydrogen-bond donors (Lipinski definition) is 2. The molecule has 1 N–H and O–H groups in total. The van der Waals surface area contributed by atoms with E-state index in [0.29, 0.717) is 0 Å². The lowest BCUT2D eigenvalue weighted by atomic mass is 10.4. The van der Waals surface area contributed by atoms with Crippen molar-refractivity contribution in [2.24, 2.45) is 0 Å². The molecule has 1 aromatic rings. The molecule has 48 valence electrons. The van der Waals surface area contributed by atoms with E-state index in [2.05, 4.69) is 22.9 Å². The van der Waals surface area contributed by atoms with Crippen LogP contribution in [0.5, 0.6) is 0 Å². The van der Waals surface area contributed by atoms with Gasteiger partial charge in [0.15, 0.2) is 0 Å². The lowest BCUT2D eigenvalue weighted by Crippen LogP contribution is -1.88. The molecule has 1 heterocycles. The van der Waals surface area contributed by atoms with Gasteiger partial charge in [0.25, 0.3) is 0 Å². The monoisotopic (exact) mass is 140 g/mol. The van der Waals surface area contributed by atoms with Crippen molar-refractivity contribution in [2.75, 3.05) is 12.4 Å². The summed E-state index contributed by atoms with van der Waals surface area (Å²) < 4.78 is 0. The molecule has 3 heteroatoms. The van der Waals surface area contributed by atoms with E-state index in [9.17, 15) is 0 Å². The van der Waals surface area contributed by atoms with Gasteiger partial charge < -0.3 is 5.32 Å². The second-order valence-corrected chi connectivity index (χ2v) is 2.12. The van der Waals surface area contributed by atoms with E-state index in [1.54, 1.807) is 12.4 Å². The first-order valence-electron chi connectivity index (χ1n) is 2.65. The van der Waals surface area contributed by atoms with Crippen LogP contribution >= 0.6 is 12.6 Å². The summed E-state index contributed by atoms with van der Waals surface area (Å²) in [5.74, 6) is 0. The summed E-state index contributed by atoms with van der Waals surface area (Å²) in [5, 5.41) is 2.98. The molecular weight excluding hydrogens is 132 g/mol. The van der Waals surface area contributed by atoms with Gasteiger partial charge in [0.05, 0.1) is 5.69 Å². The number of rotatable bonds is 1. The van der Waals surface area contributed by atoms with Crippen LogP contribution in [0.2, 0.25) is 0 Å². The third-order valence-corrected chi connectivity index (χ3v) is 1.43. The van der Waals surface area contributed by atoms with Gasteiger partial charge in [0.2, 0.25) is 0 Å². The highest BCUT2D eigenvalue weighted by atomic mass is 32.1. The summed E-state index contributed by atoms with van der Waals surface area (Å²) >= 11 is 4.15. The molecule has 0 aliphatic carbocycles.